The summed E-state index contributed by atoms with van der Waals surface area (Å²) in [5, 5.41) is 0. The van der Waals surface area contributed by atoms with Crippen LogP contribution in [0.3, 0.4) is 0 Å². The Morgan fingerprint density at radius 2 is 2.10 bits per heavy atom. The summed E-state index contributed by atoms with van der Waals surface area (Å²) in [6, 6.07) is 0. The number of alkyl halides is 3. The van der Waals surface area contributed by atoms with E-state index in [4.69, 9.17) is 0 Å². The minimum Gasteiger partial charge on any atom is -0.228 e. The van der Waals surface area contributed by atoms with Crippen LogP contribution in [0.25, 0.3) is 0 Å². The van der Waals surface area contributed by atoms with Crippen molar-refractivity contribution in [3.05, 3.63) is 0 Å². The van der Waals surface area contributed by atoms with E-state index >= 15 is 0 Å². The normalized spacial score (nSPS) is 21.8. The molecule has 56 valence electrons. The summed E-state index contributed by atoms with van der Waals surface area (Å²) in [4.78, 5) is 0. The van der Waals surface area contributed by atoms with Crippen molar-refractivity contribution in [3.8, 4) is 12.3 Å². The minimum atomic E-state index is -3.10. The van der Waals surface area contributed by atoms with Gasteiger partial charge in [0.05, 0.1) is 0 Å². The smallest absolute Gasteiger partial charge is 0.228 e. The quantitative estimate of drug-likeness (QED) is 0.328. The molecule has 10 heavy (non-hydrogen) atoms. The van der Waals surface area contributed by atoms with Gasteiger partial charge in [-0.15, -0.1) is 6.42 Å². The van der Waals surface area contributed by atoms with Crippen LogP contribution in [0.1, 0.15) is 0 Å². The van der Waals surface area contributed by atoms with Gasteiger partial charge in [-0.1, -0.05) is 22.6 Å². The average molecular weight is 258 g/mol. The summed E-state index contributed by atoms with van der Waals surface area (Å²) in [6.07, 6.45) is 4.62. The Hall–Kier alpha value is 0.0700. The monoisotopic (exact) mass is 258 g/mol. The Kier molecular flexibility index (Phi) is 1.87. The zero-order chi connectivity index (χ0) is 7.83. The molecule has 1 aliphatic rings. The molecule has 0 amide bonds. The van der Waals surface area contributed by atoms with Crippen molar-refractivity contribution in [1.29, 1.82) is 0 Å². The predicted molar refractivity (Wildman–Crippen MR) is 41.7 cm³/mol. The van der Waals surface area contributed by atoms with Crippen molar-refractivity contribution in [2.75, 3.05) is 4.43 Å². The molecule has 0 unspecified atom stereocenters. The van der Waals surface area contributed by atoms with Gasteiger partial charge in [-0.2, -0.15) is 8.78 Å². The van der Waals surface area contributed by atoms with E-state index in [0.29, 0.717) is 0 Å². The van der Waals surface area contributed by atoms with Crippen molar-refractivity contribution in [2.24, 2.45) is 0 Å². The number of terminal acetylenes is 1. The maximum absolute atomic E-state index is 12.6. The molecule has 1 heterocycles. The third-order valence-corrected chi connectivity index (χ3v) is 2.49. The van der Waals surface area contributed by atoms with Crippen LogP contribution in [0.15, 0.2) is 0 Å². The van der Waals surface area contributed by atoms with Gasteiger partial charge in [-0.25, -0.2) is 10.9 Å². The highest BCUT2D eigenvalue weighted by Crippen LogP contribution is 2.32. The highest BCUT2D eigenvalue weighted by Gasteiger charge is 2.61. The SMILES string of the molecule is C#CC(F)(F)C1(CI)NN1. The second kappa shape index (κ2) is 2.29. The third-order valence-electron chi connectivity index (χ3n) is 1.34. The molecule has 0 bridgehead atoms. The maximum atomic E-state index is 12.6. The molecular formula is C5H5F2IN2. The molecule has 1 rings (SSSR count). The highest BCUT2D eigenvalue weighted by molar-refractivity contribution is 14.1. The molecular weight excluding hydrogens is 253 g/mol. The van der Waals surface area contributed by atoms with Crippen LogP contribution in [0.4, 0.5) is 8.78 Å². The number of halogens is 3. The first-order valence-corrected chi connectivity index (χ1v) is 4.06. The largest absolute Gasteiger partial charge is 0.341 e. The molecule has 1 saturated heterocycles. The second-order valence-corrected chi connectivity index (χ2v) is 2.77. The Labute approximate surface area is 70.9 Å². The number of rotatable bonds is 2. The van der Waals surface area contributed by atoms with Crippen LogP contribution in [0, 0.1) is 12.3 Å². The van der Waals surface area contributed by atoms with E-state index in [1.54, 1.807) is 0 Å². The topological polar surface area (TPSA) is 43.9 Å². The zero-order valence-corrected chi connectivity index (χ0v) is 7.08. The zero-order valence-electron chi connectivity index (χ0n) is 4.92. The Morgan fingerprint density at radius 1 is 1.60 bits per heavy atom. The molecule has 0 aromatic heterocycles. The van der Waals surface area contributed by atoms with Crippen LogP contribution < -0.4 is 10.9 Å². The van der Waals surface area contributed by atoms with E-state index < -0.39 is 11.6 Å². The molecule has 2 N–H and O–H groups in total. The first kappa shape index (κ1) is 8.17. The van der Waals surface area contributed by atoms with Gasteiger partial charge < -0.3 is 0 Å². The fraction of sp³-hybridized carbons (Fsp3) is 0.600. The summed E-state index contributed by atoms with van der Waals surface area (Å²) < 4.78 is 25.5. The minimum absolute atomic E-state index is 0.238. The van der Waals surface area contributed by atoms with Crippen LogP contribution in [-0.2, 0) is 0 Å². The number of hydrazine groups is 1. The van der Waals surface area contributed by atoms with Gasteiger partial charge in [0.1, 0.15) is 0 Å². The highest BCUT2D eigenvalue weighted by atomic mass is 127. The van der Waals surface area contributed by atoms with E-state index in [1.165, 1.54) is 5.92 Å². The van der Waals surface area contributed by atoms with E-state index in [0.717, 1.165) is 0 Å². The lowest BCUT2D eigenvalue weighted by Crippen LogP contribution is -2.41. The molecule has 2 nitrogen and oxygen atoms in total. The van der Waals surface area contributed by atoms with E-state index in [9.17, 15) is 8.78 Å². The number of hydrogen-bond acceptors (Lipinski definition) is 2. The van der Waals surface area contributed by atoms with Crippen molar-refractivity contribution >= 4 is 22.6 Å². The third kappa shape index (κ3) is 1.00. The van der Waals surface area contributed by atoms with Gasteiger partial charge in [-0.3, -0.25) is 0 Å². The fourth-order valence-corrected chi connectivity index (χ4v) is 1.37. The lowest BCUT2D eigenvalue weighted by atomic mass is 10.1. The predicted octanol–water partition coefficient (Wildman–Crippen LogP) is 0.494. The molecule has 0 saturated carbocycles. The van der Waals surface area contributed by atoms with Crippen molar-refractivity contribution in [3.63, 3.8) is 0 Å². The van der Waals surface area contributed by atoms with E-state index in [-0.39, 0.29) is 4.43 Å². The molecule has 0 aliphatic carbocycles. The first-order valence-electron chi connectivity index (χ1n) is 2.54. The lowest BCUT2D eigenvalue weighted by Gasteiger charge is -2.14. The lowest BCUT2D eigenvalue weighted by molar-refractivity contribution is 0.0275. The number of nitrogens with one attached hydrogen (secondary N) is 2. The van der Waals surface area contributed by atoms with Crippen molar-refractivity contribution < 1.29 is 8.78 Å². The van der Waals surface area contributed by atoms with Crippen molar-refractivity contribution in [2.45, 2.75) is 11.6 Å². The van der Waals surface area contributed by atoms with Crippen LogP contribution in [-0.4, -0.2) is 16.0 Å². The first-order chi connectivity index (χ1) is 4.58. The summed E-state index contributed by atoms with van der Waals surface area (Å²) in [5.74, 6) is -1.67. The van der Waals surface area contributed by atoms with Crippen LogP contribution in [0.2, 0.25) is 0 Å². The Bertz CT molecular complexity index is 183. The molecule has 1 aliphatic heterocycles. The molecule has 1 fully saturated rings. The summed E-state index contributed by atoms with van der Waals surface area (Å²) >= 11 is 1.84. The van der Waals surface area contributed by atoms with Crippen LogP contribution >= 0.6 is 22.6 Å². The Morgan fingerprint density at radius 3 is 2.20 bits per heavy atom. The number of hydrogen-bond donors (Lipinski definition) is 2. The van der Waals surface area contributed by atoms with E-state index in [2.05, 4.69) is 17.3 Å². The molecule has 5 heteroatoms. The second-order valence-electron chi connectivity index (χ2n) is 2.01. The summed E-state index contributed by atoms with van der Waals surface area (Å²) in [5.41, 5.74) is 3.33. The molecule has 0 spiro atoms. The van der Waals surface area contributed by atoms with Gasteiger partial charge in [0.15, 0.2) is 5.66 Å². The summed E-state index contributed by atoms with van der Waals surface area (Å²) in [7, 11) is 0. The maximum Gasteiger partial charge on any atom is 0.341 e. The van der Waals surface area contributed by atoms with Crippen LogP contribution in [0.5, 0.6) is 0 Å². The van der Waals surface area contributed by atoms with Gasteiger partial charge >= 0.3 is 5.92 Å². The standard InChI is InChI=1S/C5H5F2IN2/c1-2-4(6,7)5(3-8)9-10-5/h1,9-10H,3H2. The average Bonchev–Trinajstić information content (AvgIpc) is 2.67. The van der Waals surface area contributed by atoms with Gasteiger partial charge in [0.25, 0.3) is 0 Å². The van der Waals surface area contributed by atoms with E-state index in [1.807, 2.05) is 22.6 Å². The van der Waals surface area contributed by atoms with Gasteiger partial charge in [0.2, 0.25) is 0 Å². The molecule has 0 aromatic rings. The molecule has 0 radical (unpaired) electrons. The van der Waals surface area contributed by atoms with Crippen molar-refractivity contribution in [1.82, 2.24) is 10.9 Å². The summed E-state index contributed by atoms with van der Waals surface area (Å²) in [6.45, 7) is 0. The fourth-order valence-electron chi connectivity index (χ4n) is 0.506. The molecule has 0 atom stereocenters. The Balaban J connectivity index is 2.74. The van der Waals surface area contributed by atoms with Gasteiger partial charge in [-0.05, 0) is 5.92 Å². The van der Waals surface area contributed by atoms with Gasteiger partial charge in [0, 0.05) is 4.43 Å². The molecule has 0 aromatic carbocycles.